The van der Waals surface area contributed by atoms with Crippen LogP contribution < -0.4 is 25.1 Å². The van der Waals surface area contributed by atoms with Gasteiger partial charge in [0.2, 0.25) is 0 Å². The second-order valence-corrected chi connectivity index (χ2v) is 7.16. The number of hydrogen-bond donors (Lipinski definition) is 1. The van der Waals surface area contributed by atoms with Crippen molar-refractivity contribution in [3.63, 3.8) is 0 Å². The molecule has 0 spiro atoms. The van der Waals surface area contributed by atoms with Gasteiger partial charge in [0.05, 0.1) is 31.8 Å². The van der Waals surface area contributed by atoms with E-state index in [4.69, 9.17) is 14.2 Å². The molecule has 0 saturated carbocycles. The Balaban J connectivity index is 1.69. The SMILES string of the molecule is CCn1cc(OC(=O)N[C@H]2CCc3ccccc32)c2cc(OC)c(OC)cc2c1=O. The van der Waals surface area contributed by atoms with E-state index in [0.717, 1.165) is 18.4 Å². The van der Waals surface area contributed by atoms with Crippen LogP contribution in [0, 0.1) is 0 Å². The van der Waals surface area contributed by atoms with E-state index in [1.165, 1.54) is 24.4 Å². The fourth-order valence-electron chi connectivity index (χ4n) is 3.98. The van der Waals surface area contributed by atoms with Crippen molar-refractivity contribution in [3.05, 3.63) is 64.1 Å². The monoisotopic (exact) mass is 408 g/mol. The Labute approximate surface area is 174 Å². The Morgan fingerprint density at radius 3 is 2.50 bits per heavy atom. The first-order chi connectivity index (χ1) is 14.5. The molecule has 1 amide bonds. The van der Waals surface area contributed by atoms with E-state index in [1.807, 2.05) is 25.1 Å². The molecule has 0 unspecified atom stereocenters. The first kappa shape index (κ1) is 19.8. The zero-order valence-electron chi connectivity index (χ0n) is 17.2. The maximum atomic E-state index is 12.8. The molecule has 1 atom stereocenters. The van der Waals surface area contributed by atoms with Crippen molar-refractivity contribution in [2.75, 3.05) is 14.2 Å². The van der Waals surface area contributed by atoms with Crippen molar-refractivity contribution in [1.82, 2.24) is 9.88 Å². The number of carbonyl (C=O) groups is 1. The average Bonchev–Trinajstić information content (AvgIpc) is 3.17. The predicted molar refractivity (Wildman–Crippen MR) is 114 cm³/mol. The molecule has 1 aliphatic carbocycles. The number of methoxy groups -OCH3 is 2. The van der Waals surface area contributed by atoms with Crippen molar-refractivity contribution >= 4 is 16.9 Å². The molecule has 1 heterocycles. The van der Waals surface area contributed by atoms with Crippen molar-refractivity contribution in [2.24, 2.45) is 0 Å². The second kappa shape index (κ2) is 8.10. The van der Waals surface area contributed by atoms with Gasteiger partial charge in [0, 0.05) is 11.9 Å². The summed E-state index contributed by atoms with van der Waals surface area (Å²) in [5.74, 6) is 1.18. The summed E-state index contributed by atoms with van der Waals surface area (Å²) >= 11 is 0. The molecule has 2 aromatic carbocycles. The van der Waals surface area contributed by atoms with Crippen LogP contribution in [0.5, 0.6) is 17.2 Å². The van der Waals surface area contributed by atoms with Gasteiger partial charge in [0.25, 0.3) is 5.56 Å². The summed E-state index contributed by atoms with van der Waals surface area (Å²) in [6.45, 7) is 2.30. The quantitative estimate of drug-likeness (QED) is 0.694. The zero-order chi connectivity index (χ0) is 21.3. The van der Waals surface area contributed by atoms with E-state index in [2.05, 4.69) is 11.4 Å². The highest BCUT2D eigenvalue weighted by molar-refractivity contribution is 5.92. The normalized spacial score (nSPS) is 15.0. The smallest absolute Gasteiger partial charge is 0.413 e. The molecule has 1 aliphatic rings. The van der Waals surface area contributed by atoms with Crippen LogP contribution in [0.4, 0.5) is 4.79 Å². The van der Waals surface area contributed by atoms with E-state index < -0.39 is 6.09 Å². The predicted octanol–water partition coefficient (Wildman–Crippen LogP) is 3.81. The number of rotatable bonds is 5. The summed E-state index contributed by atoms with van der Waals surface area (Å²) in [5.41, 5.74) is 2.17. The molecule has 7 nitrogen and oxygen atoms in total. The van der Waals surface area contributed by atoms with Gasteiger partial charge in [-0.1, -0.05) is 24.3 Å². The number of nitrogens with zero attached hydrogens (tertiary/aromatic N) is 1. The maximum Gasteiger partial charge on any atom is 0.413 e. The number of carbonyl (C=O) groups excluding carboxylic acids is 1. The Morgan fingerprint density at radius 1 is 1.10 bits per heavy atom. The van der Waals surface area contributed by atoms with Crippen LogP contribution in [0.2, 0.25) is 0 Å². The lowest BCUT2D eigenvalue weighted by Gasteiger charge is -2.17. The molecule has 0 bridgehead atoms. The Morgan fingerprint density at radius 2 is 1.80 bits per heavy atom. The minimum absolute atomic E-state index is 0.0910. The third-order valence-electron chi connectivity index (χ3n) is 5.52. The summed E-state index contributed by atoms with van der Waals surface area (Å²) in [5, 5.41) is 3.83. The van der Waals surface area contributed by atoms with Gasteiger partial charge in [0.15, 0.2) is 17.2 Å². The molecule has 30 heavy (non-hydrogen) atoms. The van der Waals surface area contributed by atoms with Crippen LogP contribution in [0.25, 0.3) is 10.8 Å². The third kappa shape index (κ3) is 3.47. The van der Waals surface area contributed by atoms with Crippen LogP contribution in [0.1, 0.15) is 30.5 Å². The average molecular weight is 408 g/mol. The van der Waals surface area contributed by atoms with E-state index >= 15 is 0 Å². The van der Waals surface area contributed by atoms with Gasteiger partial charge in [-0.25, -0.2) is 4.79 Å². The van der Waals surface area contributed by atoms with Crippen LogP contribution in [0.3, 0.4) is 0 Å². The highest BCUT2D eigenvalue weighted by atomic mass is 16.6. The van der Waals surface area contributed by atoms with Crippen LogP contribution in [-0.4, -0.2) is 24.9 Å². The molecular formula is C23H24N2O5. The topological polar surface area (TPSA) is 78.8 Å². The fourth-order valence-corrected chi connectivity index (χ4v) is 3.98. The lowest BCUT2D eigenvalue weighted by molar-refractivity contribution is 0.196. The highest BCUT2D eigenvalue weighted by Crippen LogP contribution is 2.35. The van der Waals surface area contributed by atoms with Crippen molar-refractivity contribution < 1.29 is 19.0 Å². The summed E-state index contributed by atoms with van der Waals surface area (Å²) in [4.78, 5) is 25.5. The number of hydrogen-bond acceptors (Lipinski definition) is 5. The molecule has 156 valence electrons. The third-order valence-corrected chi connectivity index (χ3v) is 5.52. The van der Waals surface area contributed by atoms with Gasteiger partial charge >= 0.3 is 6.09 Å². The van der Waals surface area contributed by atoms with E-state index in [-0.39, 0.29) is 17.4 Å². The van der Waals surface area contributed by atoms with Crippen molar-refractivity contribution in [1.29, 1.82) is 0 Å². The Hall–Kier alpha value is -3.48. The molecule has 0 fully saturated rings. The summed E-state index contributed by atoms with van der Waals surface area (Å²) in [6.07, 6.45) is 2.74. The number of benzene rings is 2. The molecule has 0 aliphatic heterocycles. The molecule has 1 aromatic heterocycles. The highest BCUT2D eigenvalue weighted by Gasteiger charge is 2.25. The van der Waals surface area contributed by atoms with Gasteiger partial charge in [-0.05, 0) is 43.0 Å². The van der Waals surface area contributed by atoms with Crippen molar-refractivity contribution in [2.45, 2.75) is 32.4 Å². The van der Waals surface area contributed by atoms with E-state index in [0.29, 0.717) is 28.8 Å². The van der Waals surface area contributed by atoms with Gasteiger partial charge in [0.1, 0.15) is 0 Å². The minimum atomic E-state index is -0.561. The van der Waals surface area contributed by atoms with Crippen LogP contribution in [0.15, 0.2) is 47.4 Å². The number of pyridine rings is 1. The van der Waals surface area contributed by atoms with Gasteiger partial charge in [-0.15, -0.1) is 0 Å². The van der Waals surface area contributed by atoms with Crippen molar-refractivity contribution in [3.8, 4) is 17.2 Å². The molecule has 7 heteroatoms. The van der Waals surface area contributed by atoms with E-state index in [1.54, 1.807) is 18.3 Å². The van der Waals surface area contributed by atoms with E-state index in [9.17, 15) is 9.59 Å². The first-order valence-corrected chi connectivity index (χ1v) is 9.91. The number of amides is 1. The number of ether oxygens (including phenoxy) is 3. The lowest BCUT2D eigenvalue weighted by Crippen LogP contribution is -2.30. The molecule has 4 rings (SSSR count). The fraction of sp³-hybridized carbons (Fsp3) is 0.304. The summed E-state index contributed by atoms with van der Waals surface area (Å²) in [7, 11) is 3.02. The molecular weight excluding hydrogens is 384 g/mol. The molecule has 0 radical (unpaired) electrons. The largest absolute Gasteiger partial charge is 0.493 e. The van der Waals surface area contributed by atoms with Crippen LogP contribution in [-0.2, 0) is 13.0 Å². The number of aryl methyl sites for hydroxylation is 2. The standard InChI is InChI=1S/C23H24N2O5/c1-4-25-13-21(16-11-19(28-2)20(29-3)12-17(16)22(25)26)30-23(27)24-18-10-9-14-7-5-6-8-15(14)18/h5-8,11-13,18H,4,9-10H2,1-3H3,(H,24,27)/t18-/m0/s1. The zero-order valence-corrected chi connectivity index (χ0v) is 17.2. The lowest BCUT2D eigenvalue weighted by atomic mass is 10.1. The Bertz CT molecular complexity index is 1170. The molecule has 0 saturated heterocycles. The minimum Gasteiger partial charge on any atom is -0.493 e. The number of aromatic nitrogens is 1. The first-order valence-electron chi connectivity index (χ1n) is 9.91. The van der Waals surface area contributed by atoms with Gasteiger partial charge in [-0.2, -0.15) is 0 Å². The summed E-state index contributed by atoms with van der Waals surface area (Å²) < 4.78 is 17.9. The maximum absolute atomic E-state index is 12.8. The Kier molecular flexibility index (Phi) is 5.35. The van der Waals surface area contributed by atoms with Gasteiger partial charge in [-0.3, -0.25) is 4.79 Å². The summed E-state index contributed by atoms with van der Waals surface area (Å²) in [6, 6.07) is 11.2. The number of nitrogens with one attached hydrogen (secondary N) is 1. The molecule has 1 N–H and O–H groups in total. The number of fused-ring (bicyclic) bond motifs is 2. The second-order valence-electron chi connectivity index (χ2n) is 7.16. The van der Waals surface area contributed by atoms with Gasteiger partial charge < -0.3 is 24.1 Å². The van der Waals surface area contributed by atoms with Crippen LogP contribution >= 0.6 is 0 Å². The molecule has 3 aromatic rings.